The van der Waals surface area contributed by atoms with Crippen molar-refractivity contribution < 1.29 is 4.79 Å². The van der Waals surface area contributed by atoms with E-state index < -0.39 is 0 Å². The maximum absolute atomic E-state index is 13.0. The van der Waals surface area contributed by atoms with Crippen LogP contribution in [-0.2, 0) is 6.42 Å². The highest BCUT2D eigenvalue weighted by Gasteiger charge is 2.22. The zero-order chi connectivity index (χ0) is 17.8. The van der Waals surface area contributed by atoms with Crippen LogP contribution in [0.4, 0.5) is 0 Å². The van der Waals surface area contributed by atoms with Crippen LogP contribution >= 0.6 is 0 Å². The molecule has 1 aliphatic heterocycles. The Balaban J connectivity index is 1.33. The van der Waals surface area contributed by atoms with Gasteiger partial charge in [0, 0.05) is 37.9 Å². The van der Waals surface area contributed by atoms with Crippen LogP contribution in [0.5, 0.6) is 0 Å². The molecule has 0 unspecified atom stereocenters. The van der Waals surface area contributed by atoms with Gasteiger partial charge in [-0.25, -0.2) is 0 Å². The molecule has 4 rings (SSSR count). The van der Waals surface area contributed by atoms with Crippen LogP contribution in [0.1, 0.15) is 22.3 Å². The highest BCUT2D eigenvalue weighted by molar-refractivity contribution is 6.07. The number of carbonyl (C=O) groups excluding carboxylic acids is 1. The number of nitrogens with zero attached hydrogens (tertiary/aromatic N) is 3. The van der Waals surface area contributed by atoms with Gasteiger partial charge in [-0.2, -0.15) is 5.10 Å². The normalized spacial score (nSPS) is 15.5. The quantitative estimate of drug-likeness (QED) is 0.771. The van der Waals surface area contributed by atoms with Crippen LogP contribution in [0, 0.1) is 0 Å². The Kier molecular flexibility index (Phi) is 4.97. The fraction of sp³-hybridized carbons (Fsp3) is 0.333. The average molecular weight is 348 g/mol. The smallest absolute Gasteiger partial charge is 0.254 e. The molecule has 0 bridgehead atoms. The van der Waals surface area contributed by atoms with Gasteiger partial charge in [0.15, 0.2) is 0 Å². The lowest BCUT2D eigenvalue weighted by Gasteiger charge is -2.35. The molecule has 1 N–H and O–H groups in total. The van der Waals surface area contributed by atoms with Crippen molar-refractivity contribution >= 4 is 16.7 Å². The number of hydrogen-bond donors (Lipinski definition) is 1. The van der Waals surface area contributed by atoms with Gasteiger partial charge in [0.1, 0.15) is 0 Å². The van der Waals surface area contributed by atoms with Gasteiger partial charge in [-0.1, -0.05) is 36.4 Å². The molecule has 1 fully saturated rings. The molecule has 2 aromatic carbocycles. The first-order valence-corrected chi connectivity index (χ1v) is 9.28. The van der Waals surface area contributed by atoms with Gasteiger partial charge in [-0.05, 0) is 41.8 Å². The van der Waals surface area contributed by atoms with E-state index in [2.05, 4.69) is 27.2 Å². The summed E-state index contributed by atoms with van der Waals surface area (Å²) in [5, 5.41) is 9.01. The number of piperazine rings is 1. The van der Waals surface area contributed by atoms with Gasteiger partial charge in [0.25, 0.3) is 5.91 Å². The molecule has 3 aromatic rings. The second kappa shape index (κ2) is 7.70. The number of aryl methyl sites for hydroxylation is 1. The Bertz CT molecular complexity index is 861. The minimum atomic E-state index is 0.153. The molecule has 1 aromatic heterocycles. The molecule has 0 saturated carbocycles. The summed E-state index contributed by atoms with van der Waals surface area (Å²) in [4.78, 5) is 17.4. The van der Waals surface area contributed by atoms with Crippen LogP contribution < -0.4 is 0 Å². The van der Waals surface area contributed by atoms with Crippen LogP contribution in [0.25, 0.3) is 10.8 Å². The largest absolute Gasteiger partial charge is 0.336 e. The highest BCUT2D eigenvalue weighted by atomic mass is 16.2. The molecule has 2 heterocycles. The molecule has 5 nitrogen and oxygen atoms in total. The number of H-pyrrole nitrogens is 1. The minimum Gasteiger partial charge on any atom is -0.336 e. The van der Waals surface area contributed by atoms with E-state index in [1.165, 1.54) is 5.56 Å². The molecule has 1 aliphatic rings. The molecule has 0 atom stereocenters. The van der Waals surface area contributed by atoms with Crippen molar-refractivity contribution in [1.82, 2.24) is 20.0 Å². The van der Waals surface area contributed by atoms with Crippen molar-refractivity contribution in [2.45, 2.75) is 12.8 Å². The van der Waals surface area contributed by atoms with E-state index in [1.807, 2.05) is 47.6 Å². The van der Waals surface area contributed by atoms with Gasteiger partial charge in [0.2, 0.25) is 0 Å². The summed E-state index contributed by atoms with van der Waals surface area (Å²) < 4.78 is 0. The summed E-state index contributed by atoms with van der Waals surface area (Å²) in [5.41, 5.74) is 2.08. The number of amides is 1. The summed E-state index contributed by atoms with van der Waals surface area (Å²) >= 11 is 0. The van der Waals surface area contributed by atoms with Crippen LogP contribution in [0.15, 0.2) is 54.9 Å². The summed E-state index contributed by atoms with van der Waals surface area (Å²) in [6, 6.07) is 14.1. The lowest BCUT2D eigenvalue weighted by Crippen LogP contribution is -2.48. The van der Waals surface area contributed by atoms with E-state index in [0.29, 0.717) is 0 Å². The molecule has 1 amide bonds. The van der Waals surface area contributed by atoms with E-state index in [-0.39, 0.29) is 5.91 Å². The topological polar surface area (TPSA) is 52.2 Å². The van der Waals surface area contributed by atoms with Gasteiger partial charge in [-0.3, -0.25) is 14.8 Å². The highest BCUT2D eigenvalue weighted by Crippen LogP contribution is 2.20. The molecule has 1 saturated heterocycles. The van der Waals surface area contributed by atoms with E-state index >= 15 is 0 Å². The van der Waals surface area contributed by atoms with Crippen LogP contribution in [0.2, 0.25) is 0 Å². The monoisotopic (exact) mass is 348 g/mol. The first-order valence-electron chi connectivity index (χ1n) is 9.28. The third-order valence-electron chi connectivity index (χ3n) is 5.17. The van der Waals surface area contributed by atoms with E-state index in [1.54, 1.807) is 0 Å². The van der Waals surface area contributed by atoms with Crippen molar-refractivity contribution in [2.75, 3.05) is 32.7 Å². The lowest BCUT2D eigenvalue weighted by molar-refractivity contribution is 0.0638. The second-order valence-corrected chi connectivity index (χ2v) is 6.87. The molecule has 0 radical (unpaired) electrons. The number of aromatic amines is 1. The van der Waals surface area contributed by atoms with Crippen molar-refractivity contribution in [3.63, 3.8) is 0 Å². The molecule has 26 heavy (non-hydrogen) atoms. The van der Waals surface area contributed by atoms with E-state index in [0.717, 1.165) is 61.9 Å². The summed E-state index contributed by atoms with van der Waals surface area (Å²) in [6.07, 6.45) is 6.02. The number of nitrogens with one attached hydrogen (secondary N) is 1. The van der Waals surface area contributed by atoms with Gasteiger partial charge >= 0.3 is 0 Å². The maximum atomic E-state index is 13.0. The Hall–Kier alpha value is -2.66. The van der Waals surface area contributed by atoms with Crippen molar-refractivity contribution in [3.05, 3.63) is 66.0 Å². The Morgan fingerprint density at radius 2 is 1.85 bits per heavy atom. The Morgan fingerprint density at radius 1 is 1.04 bits per heavy atom. The number of rotatable bonds is 5. The van der Waals surface area contributed by atoms with Crippen molar-refractivity contribution in [3.8, 4) is 0 Å². The summed E-state index contributed by atoms with van der Waals surface area (Å²) in [6.45, 7) is 4.56. The first-order chi connectivity index (χ1) is 12.8. The molecule has 0 aliphatic carbocycles. The number of carbonyl (C=O) groups is 1. The number of hydrogen-bond acceptors (Lipinski definition) is 3. The fourth-order valence-electron chi connectivity index (χ4n) is 3.68. The number of benzene rings is 2. The Morgan fingerprint density at radius 3 is 2.65 bits per heavy atom. The number of fused-ring (bicyclic) bond motifs is 1. The Labute approximate surface area is 153 Å². The average Bonchev–Trinajstić information content (AvgIpc) is 3.21. The minimum absolute atomic E-state index is 0.153. The fourth-order valence-corrected chi connectivity index (χ4v) is 3.68. The van der Waals surface area contributed by atoms with Gasteiger partial charge < -0.3 is 4.90 Å². The van der Waals surface area contributed by atoms with Crippen molar-refractivity contribution in [1.29, 1.82) is 0 Å². The van der Waals surface area contributed by atoms with Gasteiger partial charge in [0.05, 0.1) is 6.20 Å². The first kappa shape index (κ1) is 16.8. The van der Waals surface area contributed by atoms with Crippen LogP contribution in [0.3, 0.4) is 0 Å². The molecule has 0 spiro atoms. The SMILES string of the molecule is O=C(c1cccc2ccccc12)N1CCN(CCCc2cn[nH]c2)CC1. The molecule has 134 valence electrons. The molecular formula is C21H24N4O. The molecular weight excluding hydrogens is 324 g/mol. The second-order valence-electron chi connectivity index (χ2n) is 6.87. The lowest BCUT2D eigenvalue weighted by atomic mass is 10.0. The standard InChI is InChI=1S/C21H24N4O/c26-21(20-9-3-7-18-6-1-2-8-19(18)20)25-13-11-24(12-14-25)10-4-5-17-15-22-23-16-17/h1-3,6-9,15-16H,4-5,10-14H2,(H,22,23). The third kappa shape index (κ3) is 3.63. The van der Waals surface area contributed by atoms with Crippen molar-refractivity contribution in [2.24, 2.45) is 0 Å². The molecule has 5 heteroatoms. The zero-order valence-corrected chi connectivity index (χ0v) is 14.9. The third-order valence-corrected chi connectivity index (χ3v) is 5.17. The van der Waals surface area contributed by atoms with Crippen LogP contribution in [-0.4, -0.2) is 58.6 Å². The van der Waals surface area contributed by atoms with E-state index in [4.69, 9.17) is 0 Å². The van der Waals surface area contributed by atoms with E-state index in [9.17, 15) is 4.79 Å². The summed E-state index contributed by atoms with van der Waals surface area (Å²) in [7, 11) is 0. The number of aromatic nitrogens is 2. The predicted molar refractivity (Wildman–Crippen MR) is 103 cm³/mol. The zero-order valence-electron chi connectivity index (χ0n) is 14.9. The predicted octanol–water partition coefficient (Wildman–Crippen LogP) is 2.95. The summed E-state index contributed by atoms with van der Waals surface area (Å²) in [5.74, 6) is 0.153. The van der Waals surface area contributed by atoms with Gasteiger partial charge in [-0.15, -0.1) is 0 Å². The maximum Gasteiger partial charge on any atom is 0.254 e.